The van der Waals surface area contributed by atoms with Crippen LogP contribution >= 0.6 is 24.0 Å². The number of rotatable bonds is 11. The second-order valence-corrected chi connectivity index (χ2v) is 5.33. The topological polar surface area (TPSA) is 58.1 Å². The first-order chi connectivity index (χ1) is 11.7. The van der Waals surface area contributed by atoms with Gasteiger partial charge in [-0.05, 0) is 50.3 Å². The highest BCUT2D eigenvalue weighted by Crippen LogP contribution is 2.16. The van der Waals surface area contributed by atoms with Gasteiger partial charge in [-0.1, -0.05) is 13.8 Å². The van der Waals surface area contributed by atoms with Gasteiger partial charge in [0.05, 0.1) is 13.7 Å². The summed E-state index contributed by atoms with van der Waals surface area (Å²) in [7, 11) is 3.43. The van der Waals surface area contributed by atoms with Crippen molar-refractivity contribution in [3.05, 3.63) is 24.3 Å². The predicted molar refractivity (Wildman–Crippen MR) is 116 cm³/mol. The molecule has 0 bridgehead atoms. The van der Waals surface area contributed by atoms with Crippen LogP contribution in [-0.4, -0.2) is 64.3 Å². The lowest BCUT2D eigenvalue weighted by Gasteiger charge is -2.18. The summed E-state index contributed by atoms with van der Waals surface area (Å²) < 4.78 is 10.8. The van der Waals surface area contributed by atoms with Crippen molar-refractivity contribution in [1.29, 1.82) is 0 Å². The molecule has 0 unspecified atom stereocenters. The number of halogens is 1. The third-order valence-electron chi connectivity index (χ3n) is 3.78. The molecular formula is C18H33IN4O2. The minimum Gasteiger partial charge on any atom is -0.497 e. The summed E-state index contributed by atoms with van der Waals surface area (Å²) in [6.07, 6.45) is 1.10. The molecule has 0 fully saturated rings. The molecule has 0 aliphatic carbocycles. The number of hydrogen-bond acceptors (Lipinski definition) is 4. The van der Waals surface area contributed by atoms with E-state index in [1.54, 1.807) is 14.2 Å². The van der Waals surface area contributed by atoms with E-state index in [0.29, 0.717) is 13.2 Å². The minimum atomic E-state index is 0. The molecule has 0 radical (unpaired) electrons. The molecule has 0 saturated carbocycles. The van der Waals surface area contributed by atoms with Gasteiger partial charge in [0.2, 0.25) is 0 Å². The standard InChI is InChI=1S/C18H32N4O2.HI/c1-5-22(6-2)14-7-12-20-18(19-3)21-13-15-24-17-10-8-16(23-4)9-11-17;/h8-11H,5-7,12-15H2,1-4H3,(H2,19,20,21);1H. The highest BCUT2D eigenvalue weighted by atomic mass is 127. The molecule has 6 nitrogen and oxygen atoms in total. The van der Waals surface area contributed by atoms with Gasteiger partial charge in [0.1, 0.15) is 18.1 Å². The molecule has 0 atom stereocenters. The fourth-order valence-corrected chi connectivity index (χ4v) is 2.28. The fourth-order valence-electron chi connectivity index (χ4n) is 2.28. The van der Waals surface area contributed by atoms with Gasteiger partial charge in [-0.2, -0.15) is 0 Å². The van der Waals surface area contributed by atoms with Crippen molar-refractivity contribution in [3.63, 3.8) is 0 Å². The smallest absolute Gasteiger partial charge is 0.191 e. The molecule has 2 N–H and O–H groups in total. The van der Waals surface area contributed by atoms with E-state index in [4.69, 9.17) is 9.47 Å². The lowest BCUT2D eigenvalue weighted by atomic mass is 10.3. The van der Waals surface area contributed by atoms with Gasteiger partial charge >= 0.3 is 0 Å². The molecule has 7 heteroatoms. The molecule has 0 aromatic heterocycles. The average Bonchev–Trinajstić information content (AvgIpc) is 2.64. The first-order valence-corrected chi connectivity index (χ1v) is 8.67. The SMILES string of the molecule is CCN(CC)CCCNC(=NC)NCCOc1ccc(OC)cc1.I. The van der Waals surface area contributed by atoms with Crippen molar-refractivity contribution >= 4 is 29.9 Å². The molecule has 0 spiro atoms. The highest BCUT2D eigenvalue weighted by molar-refractivity contribution is 14.0. The van der Waals surface area contributed by atoms with Crippen molar-refractivity contribution < 1.29 is 9.47 Å². The first kappa shape index (κ1) is 23.8. The van der Waals surface area contributed by atoms with Crippen LogP contribution in [0.15, 0.2) is 29.3 Å². The van der Waals surface area contributed by atoms with Gasteiger partial charge in [0.15, 0.2) is 5.96 Å². The Hall–Kier alpha value is -1.22. The van der Waals surface area contributed by atoms with Crippen molar-refractivity contribution in [2.24, 2.45) is 4.99 Å². The Labute approximate surface area is 169 Å². The normalized spacial score (nSPS) is 11.0. The van der Waals surface area contributed by atoms with E-state index < -0.39 is 0 Å². The van der Waals surface area contributed by atoms with Gasteiger partial charge in [-0.25, -0.2) is 0 Å². The zero-order chi connectivity index (χ0) is 17.6. The van der Waals surface area contributed by atoms with Crippen LogP contribution < -0.4 is 20.1 Å². The fraction of sp³-hybridized carbons (Fsp3) is 0.611. The van der Waals surface area contributed by atoms with E-state index in [9.17, 15) is 0 Å². The molecular weight excluding hydrogens is 431 g/mol. The number of hydrogen-bond donors (Lipinski definition) is 2. The molecule has 25 heavy (non-hydrogen) atoms. The molecule has 1 rings (SSSR count). The molecule has 0 saturated heterocycles. The van der Waals surface area contributed by atoms with Gasteiger partial charge < -0.3 is 25.0 Å². The second-order valence-electron chi connectivity index (χ2n) is 5.33. The summed E-state index contributed by atoms with van der Waals surface area (Å²) in [4.78, 5) is 6.64. The predicted octanol–water partition coefficient (Wildman–Crippen LogP) is 2.59. The summed E-state index contributed by atoms with van der Waals surface area (Å²) in [5.41, 5.74) is 0. The molecule has 0 aliphatic heterocycles. The van der Waals surface area contributed by atoms with Crippen LogP contribution in [0.25, 0.3) is 0 Å². The van der Waals surface area contributed by atoms with Crippen LogP contribution in [0.1, 0.15) is 20.3 Å². The Morgan fingerprint density at radius 1 is 1.04 bits per heavy atom. The maximum absolute atomic E-state index is 5.68. The maximum atomic E-state index is 5.68. The van der Waals surface area contributed by atoms with Crippen LogP contribution in [0.4, 0.5) is 0 Å². The summed E-state index contributed by atoms with van der Waals surface area (Å²) in [5, 5.41) is 6.58. The van der Waals surface area contributed by atoms with Crippen molar-refractivity contribution in [3.8, 4) is 11.5 Å². The third-order valence-corrected chi connectivity index (χ3v) is 3.78. The number of nitrogens with zero attached hydrogens (tertiary/aromatic N) is 2. The van der Waals surface area contributed by atoms with Crippen LogP contribution in [0, 0.1) is 0 Å². The quantitative estimate of drug-likeness (QED) is 0.228. The molecule has 1 aromatic carbocycles. The van der Waals surface area contributed by atoms with Crippen molar-refractivity contribution in [2.45, 2.75) is 20.3 Å². The van der Waals surface area contributed by atoms with Gasteiger partial charge in [-0.3, -0.25) is 4.99 Å². The highest BCUT2D eigenvalue weighted by Gasteiger charge is 2.00. The van der Waals surface area contributed by atoms with Crippen LogP contribution in [-0.2, 0) is 0 Å². The van der Waals surface area contributed by atoms with Crippen molar-refractivity contribution in [1.82, 2.24) is 15.5 Å². The molecule has 0 heterocycles. The lowest BCUT2D eigenvalue weighted by Crippen LogP contribution is -2.40. The maximum Gasteiger partial charge on any atom is 0.191 e. The second kappa shape index (κ2) is 15.1. The van der Waals surface area contributed by atoms with E-state index in [2.05, 4.69) is 34.4 Å². The third kappa shape index (κ3) is 10.4. The summed E-state index contributed by atoms with van der Waals surface area (Å²) in [6, 6.07) is 7.58. The Morgan fingerprint density at radius 2 is 1.64 bits per heavy atom. The van der Waals surface area contributed by atoms with Gasteiger partial charge in [0.25, 0.3) is 0 Å². The largest absolute Gasteiger partial charge is 0.497 e. The van der Waals surface area contributed by atoms with Crippen LogP contribution in [0.3, 0.4) is 0 Å². The van der Waals surface area contributed by atoms with E-state index in [-0.39, 0.29) is 24.0 Å². The number of guanidine groups is 1. The number of nitrogens with one attached hydrogen (secondary N) is 2. The number of aliphatic imine (C=N–C) groups is 1. The molecule has 144 valence electrons. The lowest BCUT2D eigenvalue weighted by molar-refractivity contribution is 0.300. The average molecular weight is 464 g/mol. The monoisotopic (exact) mass is 464 g/mol. The summed E-state index contributed by atoms with van der Waals surface area (Å²) in [6.45, 7) is 9.89. The Bertz CT molecular complexity index is 465. The molecule has 0 amide bonds. The Morgan fingerprint density at radius 3 is 2.20 bits per heavy atom. The van der Waals surface area contributed by atoms with Crippen LogP contribution in [0.5, 0.6) is 11.5 Å². The summed E-state index contributed by atoms with van der Waals surface area (Å²) in [5.74, 6) is 2.47. The van der Waals surface area contributed by atoms with E-state index in [1.807, 2.05) is 24.3 Å². The number of ether oxygens (including phenoxy) is 2. The number of methoxy groups -OCH3 is 1. The van der Waals surface area contributed by atoms with Gasteiger partial charge in [0, 0.05) is 13.6 Å². The van der Waals surface area contributed by atoms with E-state index >= 15 is 0 Å². The van der Waals surface area contributed by atoms with Gasteiger partial charge in [-0.15, -0.1) is 24.0 Å². The molecule has 1 aromatic rings. The Balaban J connectivity index is 0.00000576. The minimum absolute atomic E-state index is 0. The van der Waals surface area contributed by atoms with E-state index in [0.717, 1.165) is 50.1 Å². The number of benzene rings is 1. The zero-order valence-electron chi connectivity index (χ0n) is 15.9. The van der Waals surface area contributed by atoms with Crippen LogP contribution in [0.2, 0.25) is 0 Å². The first-order valence-electron chi connectivity index (χ1n) is 8.67. The zero-order valence-corrected chi connectivity index (χ0v) is 18.2. The van der Waals surface area contributed by atoms with E-state index in [1.165, 1.54) is 0 Å². The summed E-state index contributed by atoms with van der Waals surface area (Å²) >= 11 is 0. The Kier molecular flexibility index (Phi) is 14.3. The van der Waals surface area contributed by atoms with Crippen molar-refractivity contribution in [2.75, 3.05) is 53.5 Å². The molecule has 0 aliphatic rings.